The summed E-state index contributed by atoms with van der Waals surface area (Å²) >= 11 is 0. The minimum atomic E-state index is 0.619. The van der Waals surface area contributed by atoms with Gasteiger partial charge in [0.15, 0.2) is 0 Å². The van der Waals surface area contributed by atoms with E-state index in [1.807, 2.05) is 33.0 Å². The lowest BCUT2D eigenvalue weighted by Crippen LogP contribution is -1.87. The molecule has 0 aliphatic carbocycles. The van der Waals surface area contributed by atoms with Gasteiger partial charge in [-0.1, -0.05) is 6.08 Å². The molecule has 0 aliphatic rings. The van der Waals surface area contributed by atoms with Crippen molar-refractivity contribution in [3.63, 3.8) is 0 Å². The number of aromatic nitrogens is 3. The van der Waals surface area contributed by atoms with Gasteiger partial charge in [-0.15, -0.1) is 0 Å². The molecule has 0 saturated heterocycles. The fourth-order valence-electron chi connectivity index (χ4n) is 0.864. The molecule has 0 saturated carbocycles. The zero-order valence-corrected chi connectivity index (χ0v) is 7.52. The standard InChI is InChI=1S/C8H12N4/c1-4-6-12-8(9-5-2)10-7(3)11-12/h4-6H,1-3H3/b6-4-,9-5-. The lowest BCUT2D eigenvalue weighted by molar-refractivity contribution is 0.910. The highest BCUT2D eigenvalue weighted by Gasteiger charge is 2.00. The van der Waals surface area contributed by atoms with Crippen LogP contribution in [0.15, 0.2) is 11.1 Å². The maximum atomic E-state index is 4.12. The van der Waals surface area contributed by atoms with Crippen molar-refractivity contribution >= 4 is 18.4 Å². The molecular formula is C8H12N4. The average Bonchev–Trinajstić information content (AvgIpc) is 2.33. The number of hydrogen-bond donors (Lipinski definition) is 0. The van der Waals surface area contributed by atoms with Crippen LogP contribution < -0.4 is 0 Å². The lowest BCUT2D eigenvalue weighted by Gasteiger charge is -1.90. The van der Waals surface area contributed by atoms with Gasteiger partial charge in [-0.05, 0) is 20.8 Å². The molecule has 1 rings (SSSR count). The van der Waals surface area contributed by atoms with Crippen LogP contribution in [0.1, 0.15) is 19.7 Å². The van der Waals surface area contributed by atoms with Crippen molar-refractivity contribution in [3.05, 3.63) is 11.9 Å². The fraction of sp³-hybridized carbons (Fsp3) is 0.375. The summed E-state index contributed by atoms with van der Waals surface area (Å²) in [5.41, 5.74) is 0. The molecule has 4 nitrogen and oxygen atoms in total. The van der Waals surface area contributed by atoms with Crippen molar-refractivity contribution in [2.75, 3.05) is 0 Å². The van der Waals surface area contributed by atoms with E-state index >= 15 is 0 Å². The van der Waals surface area contributed by atoms with Crippen LogP contribution in [0.3, 0.4) is 0 Å². The van der Waals surface area contributed by atoms with Gasteiger partial charge in [0.05, 0.1) is 0 Å². The zero-order chi connectivity index (χ0) is 8.97. The molecule has 4 heteroatoms. The van der Waals surface area contributed by atoms with E-state index in [0.29, 0.717) is 5.95 Å². The van der Waals surface area contributed by atoms with Crippen LogP contribution in [0.25, 0.3) is 6.20 Å². The quantitative estimate of drug-likeness (QED) is 0.625. The molecule has 0 fully saturated rings. The van der Waals surface area contributed by atoms with Gasteiger partial charge in [0.1, 0.15) is 5.82 Å². The van der Waals surface area contributed by atoms with E-state index in [2.05, 4.69) is 15.1 Å². The van der Waals surface area contributed by atoms with Gasteiger partial charge in [-0.2, -0.15) is 10.1 Å². The number of aliphatic imine (C=N–C) groups is 1. The molecule has 0 aromatic carbocycles. The van der Waals surface area contributed by atoms with E-state index in [1.165, 1.54) is 0 Å². The first kappa shape index (κ1) is 8.64. The van der Waals surface area contributed by atoms with Gasteiger partial charge in [-0.3, -0.25) is 0 Å². The largest absolute Gasteiger partial charge is 0.251 e. The van der Waals surface area contributed by atoms with E-state index < -0.39 is 0 Å². The predicted molar refractivity (Wildman–Crippen MR) is 49.6 cm³/mol. The van der Waals surface area contributed by atoms with Crippen LogP contribution in [-0.4, -0.2) is 21.0 Å². The first-order chi connectivity index (χ1) is 5.77. The van der Waals surface area contributed by atoms with Crippen molar-refractivity contribution in [3.8, 4) is 0 Å². The SMILES string of the molecule is C/C=C\n1nc(C)nc1/N=C\C. The summed E-state index contributed by atoms with van der Waals surface area (Å²) in [5.74, 6) is 1.35. The Morgan fingerprint density at radius 2 is 2.17 bits per heavy atom. The van der Waals surface area contributed by atoms with Gasteiger partial charge >= 0.3 is 0 Å². The monoisotopic (exact) mass is 164 g/mol. The minimum absolute atomic E-state index is 0.619. The topological polar surface area (TPSA) is 43.1 Å². The Hall–Kier alpha value is -1.45. The van der Waals surface area contributed by atoms with Gasteiger partial charge in [0.2, 0.25) is 0 Å². The van der Waals surface area contributed by atoms with Crippen LogP contribution in [0.5, 0.6) is 0 Å². The second-order valence-electron chi connectivity index (χ2n) is 2.27. The van der Waals surface area contributed by atoms with E-state index in [9.17, 15) is 0 Å². The molecule has 12 heavy (non-hydrogen) atoms. The zero-order valence-electron chi connectivity index (χ0n) is 7.52. The number of nitrogens with zero attached hydrogens (tertiary/aromatic N) is 4. The Morgan fingerprint density at radius 3 is 2.75 bits per heavy atom. The highest BCUT2D eigenvalue weighted by molar-refractivity contribution is 5.58. The Balaban J connectivity index is 3.07. The highest BCUT2D eigenvalue weighted by Crippen LogP contribution is 2.07. The second kappa shape index (κ2) is 3.80. The minimum Gasteiger partial charge on any atom is -0.224 e. The number of aryl methyl sites for hydroxylation is 1. The molecule has 0 bridgehead atoms. The van der Waals surface area contributed by atoms with Crippen LogP contribution in [-0.2, 0) is 0 Å². The number of hydrogen-bond acceptors (Lipinski definition) is 3. The molecule has 0 N–H and O–H groups in total. The van der Waals surface area contributed by atoms with Crippen LogP contribution in [0.4, 0.5) is 5.95 Å². The van der Waals surface area contributed by atoms with Gasteiger partial charge < -0.3 is 0 Å². The maximum Gasteiger partial charge on any atom is 0.251 e. The average molecular weight is 164 g/mol. The molecule has 0 radical (unpaired) electrons. The molecule has 0 aliphatic heterocycles. The van der Waals surface area contributed by atoms with Crippen LogP contribution in [0, 0.1) is 6.92 Å². The van der Waals surface area contributed by atoms with Crippen molar-refractivity contribution in [2.24, 2.45) is 4.99 Å². The van der Waals surface area contributed by atoms with E-state index in [0.717, 1.165) is 5.82 Å². The third kappa shape index (κ3) is 1.78. The van der Waals surface area contributed by atoms with Gasteiger partial charge in [-0.25, -0.2) is 9.67 Å². The molecule has 0 atom stereocenters. The van der Waals surface area contributed by atoms with E-state index in [-0.39, 0.29) is 0 Å². The molecule has 0 amide bonds. The highest BCUT2D eigenvalue weighted by atomic mass is 15.4. The smallest absolute Gasteiger partial charge is 0.224 e. The summed E-state index contributed by atoms with van der Waals surface area (Å²) in [6.45, 7) is 5.62. The summed E-state index contributed by atoms with van der Waals surface area (Å²) in [4.78, 5) is 8.18. The Labute approximate surface area is 71.7 Å². The predicted octanol–water partition coefficient (Wildman–Crippen LogP) is 1.80. The number of rotatable bonds is 2. The molecule has 0 unspecified atom stereocenters. The maximum absolute atomic E-state index is 4.12. The van der Waals surface area contributed by atoms with Crippen molar-refractivity contribution in [1.29, 1.82) is 0 Å². The second-order valence-corrected chi connectivity index (χ2v) is 2.27. The Kier molecular flexibility index (Phi) is 2.74. The van der Waals surface area contributed by atoms with Crippen molar-refractivity contribution in [2.45, 2.75) is 20.8 Å². The Bertz CT molecular complexity index is 279. The molecule has 0 spiro atoms. The van der Waals surface area contributed by atoms with Crippen LogP contribution >= 0.6 is 0 Å². The van der Waals surface area contributed by atoms with Crippen molar-refractivity contribution in [1.82, 2.24) is 14.8 Å². The van der Waals surface area contributed by atoms with E-state index in [4.69, 9.17) is 0 Å². The normalized spacial score (nSPS) is 11.9. The summed E-state index contributed by atoms with van der Waals surface area (Å²) in [6.07, 6.45) is 5.41. The molecule has 64 valence electrons. The summed E-state index contributed by atoms with van der Waals surface area (Å²) in [5, 5.41) is 4.12. The molecule has 1 heterocycles. The first-order valence-corrected chi connectivity index (χ1v) is 3.82. The van der Waals surface area contributed by atoms with E-state index in [1.54, 1.807) is 10.9 Å². The van der Waals surface area contributed by atoms with Gasteiger partial charge in [0, 0.05) is 12.4 Å². The molecule has 1 aromatic heterocycles. The number of allylic oxidation sites excluding steroid dienone is 1. The molecular weight excluding hydrogens is 152 g/mol. The Morgan fingerprint density at radius 1 is 1.42 bits per heavy atom. The van der Waals surface area contributed by atoms with Crippen LogP contribution in [0.2, 0.25) is 0 Å². The lowest BCUT2D eigenvalue weighted by atomic mass is 10.7. The third-order valence-corrected chi connectivity index (χ3v) is 1.25. The summed E-state index contributed by atoms with van der Waals surface area (Å²) < 4.78 is 1.65. The summed E-state index contributed by atoms with van der Waals surface area (Å²) in [7, 11) is 0. The third-order valence-electron chi connectivity index (χ3n) is 1.25. The molecule has 1 aromatic rings. The summed E-state index contributed by atoms with van der Waals surface area (Å²) in [6, 6.07) is 0. The fourth-order valence-corrected chi connectivity index (χ4v) is 0.864. The van der Waals surface area contributed by atoms with Crippen molar-refractivity contribution < 1.29 is 0 Å². The van der Waals surface area contributed by atoms with Gasteiger partial charge in [0.25, 0.3) is 5.95 Å². The first-order valence-electron chi connectivity index (χ1n) is 3.82.